The number of hydrogen-bond acceptors (Lipinski definition) is 2. The fourth-order valence-corrected chi connectivity index (χ4v) is 2.88. The van der Waals surface area contributed by atoms with Crippen LogP contribution in [0.2, 0.25) is 5.02 Å². The summed E-state index contributed by atoms with van der Waals surface area (Å²) >= 11 is 7.68. The second-order valence-electron chi connectivity index (χ2n) is 3.75. The summed E-state index contributed by atoms with van der Waals surface area (Å²) < 4.78 is 13.1. The third kappa shape index (κ3) is 2.86. The maximum absolute atomic E-state index is 13.1. The molecule has 1 heterocycles. The van der Waals surface area contributed by atoms with E-state index in [2.05, 4.69) is 5.32 Å². The van der Waals surface area contributed by atoms with Gasteiger partial charge in [-0.25, -0.2) is 4.39 Å². The van der Waals surface area contributed by atoms with Crippen molar-refractivity contribution < 1.29 is 4.39 Å². The second kappa shape index (κ2) is 5.19. The van der Waals surface area contributed by atoms with Crippen LogP contribution in [-0.4, -0.2) is 18.8 Å². The van der Waals surface area contributed by atoms with Gasteiger partial charge in [-0.15, -0.1) is 0 Å². The summed E-state index contributed by atoms with van der Waals surface area (Å²) in [5.41, 5.74) is 0.897. The Morgan fingerprint density at radius 2 is 2.27 bits per heavy atom. The number of nitrogens with one attached hydrogen (secondary N) is 1. The normalized spacial score (nSPS) is 16.4. The number of benzene rings is 1. The first-order chi connectivity index (χ1) is 7.27. The molecule has 1 aliphatic heterocycles. The van der Waals surface area contributed by atoms with E-state index in [9.17, 15) is 4.39 Å². The highest BCUT2D eigenvalue weighted by atomic mass is 35.5. The Bertz CT molecular complexity index is 341. The van der Waals surface area contributed by atoms with Gasteiger partial charge >= 0.3 is 0 Å². The van der Waals surface area contributed by atoms with Crippen molar-refractivity contribution in [3.63, 3.8) is 0 Å². The van der Waals surface area contributed by atoms with Gasteiger partial charge < -0.3 is 5.32 Å². The van der Waals surface area contributed by atoms with Crippen molar-refractivity contribution >= 4 is 23.4 Å². The zero-order valence-electron chi connectivity index (χ0n) is 8.30. The van der Waals surface area contributed by atoms with E-state index in [1.807, 2.05) is 17.8 Å². The first kappa shape index (κ1) is 11.2. The monoisotopic (exact) mass is 245 g/mol. The lowest BCUT2D eigenvalue weighted by molar-refractivity contribution is 0.385. The van der Waals surface area contributed by atoms with E-state index in [1.54, 1.807) is 6.07 Å². The Balaban J connectivity index is 1.84. The van der Waals surface area contributed by atoms with E-state index < -0.39 is 0 Å². The molecule has 1 aromatic carbocycles. The predicted octanol–water partition coefficient (Wildman–Crippen LogP) is 2.93. The number of hydrogen-bond donors (Lipinski definition) is 1. The molecule has 1 N–H and O–H groups in total. The van der Waals surface area contributed by atoms with Gasteiger partial charge in [-0.1, -0.05) is 23.7 Å². The molecule has 1 saturated heterocycles. The molecule has 0 atom stereocenters. The van der Waals surface area contributed by atoms with Gasteiger partial charge in [0, 0.05) is 5.75 Å². The van der Waals surface area contributed by atoms with Crippen molar-refractivity contribution in [2.45, 2.75) is 5.75 Å². The molecule has 0 spiro atoms. The van der Waals surface area contributed by atoms with Crippen LogP contribution in [0.4, 0.5) is 4.39 Å². The summed E-state index contributed by atoms with van der Waals surface area (Å²) in [7, 11) is 0. The molecule has 1 aromatic rings. The van der Waals surface area contributed by atoms with E-state index in [-0.39, 0.29) is 10.8 Å². The lowest BCUT2D eigenvalue weighted by Gasteiger charge is -2.26. The molecule has 4 heteroatoms. The van der Waals surface area contributed by atoms with Gasteiger partial charge in [-0.05, 0) is 36.4 Å². The minimum absolute atomic E-state index is 0.275. The third-order valence-electron chi connectivity index (χ3n) is 2.51. The van der Waals surface area contributed by atoms with Crippen LogP contribution in [0.3, 0.4) is 0 Å². The molecule has 0 amide bonds. The first-order valence-electron chi connectivity index (χ1n) is 4.98. The van der Waals surface area contributed by atoms with E-state index in [0.717, 1.165) is 36.1 Å². The Morgan fingerprint density at radius 3 is 2.93 bits per heavy atom. The fourth-order valence-electron chi connectivity index (χ4n) is 1.46. The van der Waals surface area contributed by atoms with Crippen molar-refractivity contribution in [2.24, 2.45) is 5.92 Å². The Labute approximate surface area is 98.4 Å². The van der Waals surface area contributed by atoms with Gasteiger partial charge in [0.1, 0.15) is 5.82 Å². The Morgan fingerprint density at radius 1 is 1.47 bits per heavy atom. The molecule has 15 heavy (non-hydrogen) atoms. The topological polar surface area (TPSA) is 12.0 Å². The minimum Gasteiger partial charge on any atom is -0.316 e. The van der Waals surface area contributed by atoms with Gasteiger partial charge in [0.25, 0.3) is 0 Å². The first-order valence-corrected chi connectivity index (χ1v) is 6.52. The highest BCUT2D eigenvalue weighted by molar-refractivity contribution is 7.98. The highest BCUT2D eigenvalue weighted by Gasteiger charge is 2.16. The van der Waals surface area contributed by atoms with Crippen LogP contribution in [0.25, 0.3) is 0 Å². The molecule has 0 bridgehead atoms. The maximum atomic E-state index is 13.1. The largest absolute Gasteiger partial charge is 0.316 e. The molecule has 1 aliphatic rings. The van der Waals surface area contributed by atoms with Crippen molar-refractivity contribution in [3.8, 4) is 0 Å². The summed E-state index contributed by atoms with van der Waals surface area (Å²) in [5, 5.41) is 3.51. The SMILES string of the molecule is Fc1cccc(CSCC2CNC2)c1Cl. The van der Waals surface area contributed by atoms with E-state index >= 15 is 0 Å². The van der Waals surface area contributed by atoms with Gasteiger partial charge in [0.15, 0.2) is 0 Å². The molecule has 0 aliphatic carbocycles. The quantitative estimate of drug-likeness (QED) is 0.876. The maximum Gasteiger partial charge on any atom is 0.142 e. The van der Waals surface area contributed by atoms with Crippen molar-refractivity contribution in [2.75, 3.05) is 18.8 Å². The molecule has 0 unspecified atom stereocenters. The molecule has 1 fully saturated rings. The predicted molar refractivity (Wildman–Crippen MR) is 63.9 cm³/mol. The molecular weight excluding hydrogens is 233 g/mol. The smallest absolute Gasteiger partial charge is 0.142 e. The van der Waals surface area contributed by atoms with Crippen LogP contribution in [0.5, 0.6) is 0 Å². The summed E-state index contributed by atoms with van der Waals surface area (Å²) in [6, 6.07) is 4.99. The summed E-state index contributed by atoms with van der Waals surface area (Å²) in [4.78, 5) is 0. The van der Waals surface area contributed by atoms with Crippen LogP contribution in [0.15, 0.2) is 18.2 Å². The van der Waals surface area contributed by atoms with Crippen LogP contribution < -0.4 is 5.32 Å². The standard InChI is InChI=1S/C11H13ClFNS/c12-11-9(2-1-3-10(11)13)7-15-6-8-4-14-5-8/h1-3,8,14H,4-7H2. The zero-order chi connectivity index (χ0) is 10.7. The van der Waals surface area contributed by atoms with Gasteiger partial charge in [-0.2, -0.15) is 11.8 Å². The Kier molecular flexibility index (Phi) is 3.89. The van der Waals surface area contributed by atoms with Crippen molar-refractivity contribution in [3.05, 3.63) is 34.6 Å². The minimum atomic E-state index is -0.319. The summed E-state index contributed by atoms with van der Waals surface area (Å²) in [6.07, 6.45) is 0. The average Bonchev–Trinajstić information content (AvgIpc) is 2.16. The molecular formula is C11H13ClFNS. The number of thioether (sulfide) groups is 1. The van der Waals surface area contributed by atoms with Crippen LogP contribution in [-0.2, 0) is 5.75 Å². The number of halogens is 2. The fraction of sp³-hybridized carbons (Fsp3) is 0.455. The van der Waals surface area contributed by atoms with Crippen LogP contribution in [0, 0.1) is 11.7 Å². The Hall–Kier alpha value is -0.250. The second-order valence-corrected chi connectivity index (χ2v) is 5.16. The molecule has 0 radical (unpaired) electrons. The molecule has 0 aromatic heterocycles. The van der Waals surface area contributed by atoms with Gasteiger partial charge in [-0.3, -0.25) is 0 Å². The van der Waals surface area contributed by atoms with E-state index in [1.165, 1.54) is 6.07 Å². The van der Waals surface area contributed by atoms with Crippen molar-refractivity contribution in [1.82, 2.24) is 5.32 Å². The molecule has 0 saturated carbocycles. The van der Waals surface area contributed by atoms with E-state index in [0.29, 0.717) is 0 Å². The summed E-state index contributed by atoms with van der Waals surface area (Å²) in [5.74, 6) is 2.38. The van der Waals surface area contributed by atoms with Gasteiger partial charge in [0.05, 0.1) is 5.02 Å². The molecule has 82 valence electrons. The van der Waals surface area contributed by atoms with Crippen LogP contribution in [0.1, 0.15) is 5.56 Å². The number of rotatable bonds is 4. The highest BCUT2D eigenvalue weighted by Crippen LogP contribution is 2.25. The van der Waals surface area contributed by atoms with Gasteiger partial charge in [0.2, 0.25) is 0 Å². The molecule has 2 rings (SSSR count). The van der Waals surface area contributed by atoms with E-state index in [4.69, 9.17) is 11.6 Å². The average molecular weight is 246 g/mol. The lowest BCUT2D eigenvalue weighted by Crippen LogP contribution is -2.43. The zero-order valence-corrected chi connectivity index (χ0v) is 9.87. The van der Waals surface area contributed by atoms with Crippen molar-refractivity contribution in [1.29, 1.82) is 0 Å². The molecule has 1 nitrogen and oxygen atoms in total. The lowest BCUT2D eigenvalue weighted by atomic mass is 10.1. The van der Waals surface area contributed by atoms with Crippen LogP contribution >= 0.6 is 23.4 Å². The third-order valence-corrected chi connectivity index (χ3v) is 4.15. The summed E-state index contributed by atoms with van der Waals surface area (Å²) in [6.45, 7) is 2.23.